The Bertz CT molecular complexity index is 332. The molecule has 2 atom stereocenters. The monoisotopic (exact) mass is 316 g/mol. The van der Waals surface area contributed by atoms with Crippen LogP contribution >= 0.6 is 0 Å². The zero-order valence-electron chi connectivity index (χ0n) is 15.7. The second kappa shape index (κ2) is 14.8. The van der Waals surface area contributed by atoms with E-state index in [2.05, 4.69) is 37.5 Å². The van der Waals surface area contributed by atoms with Gasteiger partial charge in [0.05, 0.1) is 0 Å². The molecule has 0 nitrogen and oxygen atoms in total. The molecule has 1 rings (SSSR count). The summed E-state index contributed by atoms with van der Waals surface area (Å²) in [5, 5.41) is 0. The van der Waals surface area contributed by atoms with E-state index >= 15 is 0 Å². The fraction of sp³-hybridized carbons (Fsp3) is 0.783. The molecule has 0 aromatic heterocycles. The van der Waals surface area contributed by atoms with Gasteiger partial charge >= 0.3 is 0 Å². The third-order valence-electron chi connectivity index (χ3n) is 5.39. The molecular weight excluding hydrogens is 276 g/mol. The van der Waals surface area contributed by atoms with Gasteiger partial charge in [-0.15, -0.1) is 5.73 Å². The fourth-order valence-electron chi connectivity index (χ4n) is 3.92. The molecule has 0 radical (unpaired) electrons. The van der Waals surface area contributed by atoms with Gasteiger partial charge in [-0.3, -0.25) is 0 Å². The van der Waals surface area contributed by atoms with Gasteiger partial charge in [0.2, 0.25) is 0 Å². The SMILES string of the molecule is C=C=CCCCCCCC[C@H]1CCC[C@@H]1/C=C/CCCCCC. The molecule has 0 aliphatic heterocycles. The van der Waals surface area contributed by atoms with Crippen LogP contribution in [0.4, 0.5) is 0 Å². The van der Waals surface area contributed by atoms with Gasteiger partial charge in [-0.05, 0) is 62.9 Å². The lowest BCUT2D eigenvalue weighted by atomic mass is 9.90. The quantitative estimate of drug-likeness (QED) is 0.173. The summed E-state index contributed by atoms with van der Waals surface area (Å²) in [5.74, 6) is 1.89. The Morgan fingerprint density at radius 2 is 1.65 bits per heavy atom. The van der Waals surface area contributed by atoms with E-state index in [1.807, 2.05) is 0 Å². The fourth-order valence-corrected chi connectivity index (χ4v) is 3.92. The highest BCUT2D eigenvalue weighted by Gasteiger charge is 2.24. The summed E-state index contributed by atoms with van der Waals surface area (Å²) in [5.41, 5.74) is 2.86. The Morgan fingerprint density at radius 3 is 2.48 bits per heavy atom. The average Bonchev–Trinajstić information content (AvgIpc) is 3.01. The van der Waals surface area contributed by atoms with E-state index in [4.69, 9.17) is 0 Å². The summed E-state index contributed by atoms with van der Waals surface area (Å²) in [6, 6.07) is 0. The molecule has 1 aliphatic carbocycles. The third-order valence-corrected chi connectivity index (χ3v) is 5.39. The number of rotatable bonds is 14. The van der Waals surface area contributed by atoms with E-state index in [9.17, 15) is 0 Å². The maximum absolute atomic E-state index is 3.61. The third kappa shape index (κ3) is 10.6. The number of allylic oxidation sites excluding steroid dienone is 3. The maximum Gasteiger partial charge on any atom is -0.0205 e. The first kappa shape index (κ1) is 20.3. The Labute approximate surface area is 146 Å². The minimum atomic E-state index is 0.902. The van der Waals surface area contributed by atoms with E-state index in [0.717, 1.165) is 18.3 Å². The minimum absolute atomic E-state index is 0.902. The predicted molar refractivity (Wildman–Crippen MR) is 105 cm³/mol. The van der Waals surface area contributed by atoms with Gasteiger partial charge in [-0.2, -0.15) is 0 Å². The van der Waals surface area contributed by atoms with Crippen molar-refractivity contribution in [3.63, 3.8) is 0 Å². The van der Waals surface area contributed by atoms with Crippen LogP contribution in [0.3, 0.4) is 0 Å². The van der Waals surface area contributed by atoms with E-state index in [-0.39, 0.29) is 0 Å². The van der Waals surface area contributed by atoms with E-state index in [0.29, 0.717) is 0 Å². The van der Waals surface area contributed by atoms with Crippen LogP contribution in [-0.2, 0) is 0 Å². The van der Waals surface area contributed by atoms with Crippen molar-refractivity contribution in [2.45, 2.75) is 103 Å². The maximum atomic E-state index is 3.61. The summed E-state index contributed by atoms with van der Waals surface area (Å²) in [6.45, 7) is 5.90. The van der Waals surface area contributed by atoms with E-state index in [1.165, 1.54) is 89.9 Å². The summed E-state index contributed by atoms with van der Waals surface area (Å²) in [6.07, 6.45) is 28.0. The van der Waals surface area contributed by atoms with Crippen LogP contribution in [0, 0.1) is 11.8 Å². The van der Waals surface area contributed by atoms with Gasteiger partial charge in [0.15, 0.2) is 0 Å². The zero-order valence-corrected chi connectivity index (χ0v) is 15.7. The van der Waals surface area contributed by atoms with E-state index in [1.54, 1.807) is 0 Å². The van der Waals surface area contributed by atoms with Gasteiger partial charge in [0, 0.05) is 0 Å². The molecule has 132 valence electrons. The summed E-state index contributed by atoms with van der Waals surface area (Å²) in [4.78, 5) is 0. The highest BCUT2D eigenvalue weighted by atomic mass is 14.3. The predicted octanol–water partition coefficient (Wildman–Crippen LogP) is 8.00. The smallest absolute Gasteiger partial charge is 0.0205 e. The highest BCUT2D eigenvalue weighted by Crippen LogP contribution is 2.36. The number of hydrogen-bond acceptors (Lipinski definition) is 0. The van der Waals surface area contributed by atoms with Crippen LogP contribution in [0.5, 0.6) is 0 Å². The lowest BCUT2D eigenvalue weighted by Gasteiger charge is -2.16. The first-order chi connectivity index (χ1) is 11.4. The molecular formula is C23H40. The van der Waals surface area contributed by atoms with Gasteiger partial charge in [0.1, 0.15) is 0 Å². The molecule has 0 saturated heterocycles. The molecule has 0 spiro atoms. The van der Waals surface area contributed by atoms with Crippen LogP contribution in [-0.4, -0.2) is 0 Å². The van der Waals surface area contributed by atoms with Gasteiger partial charge in [-0.25, -0.2) is 0 Å². The van der Waals surface area contributed by atoms with Crippen molar-refractivity contribution in [1.82, 2.24) is 0 Å². The number of unbranched alkanes of at least 4 members (excludes halogenated alkanes) is 9. The second-order valence-corrected chi connectivity index (χ2v) is 7.39. The van der Waals surface area contributed by atoms with Gasteiger partial charge in [0.25, 0.3) is 0 Å². The summed E-state index contributed by atoms with van der Waals surface area (Å²) >= 11 is 0. The van der Waals surface area contributed by atoms with Crippen molar-refractivity contribution < 1.29 is 0 Å². The molecule has 1 saturated carbocycles. The molecule has 0 N–H and O–H groups in total. The zero-order chi connectivity index (χ0) is 16.6. The Kier molecular flexibility index (Phi) is 13.1. The first-order valence-electron chi connectivity index (χ1n) is 10.4. The highest BCUT2D eigenvalue weighted by molar-refractivity contribution is 4.94. The minimum Gasteiger partial charge on any atom is -0.133 e. The Morgan fingerprint density at radius 1 is 0.913 bits per heavy atom. The second-order valence-electron chi connectivity index (χ2n) is 7.39. The lowest BCUT2D eigenvalue weighted by molar-refractivity contribution is 0.402. The van der Waals surface area contributed by atoms with Gasteiger partial charge < -0.3 is 0 Å². The molecule has 0 unspecified atom stereocenters. The van der Waals surface area contributed by atoms with Gasteiger partial charge in [-0.1, -0.05) is 77.0 Å². The molecule has 1 fully saturated rings. The van der Waals surface area contributed by atoms with Crippen molar-refractivity contribution in [3.05, 3.63) is 30.5 Å². The van der Waals surface area contributed by atoms with E-state index < -0.39 is 0 Å². The standard InChI is InChI=1S/C23H40/c1-3-5-7-9-11-12-14-16-19-23-21-17-20-22(23)18-15-13-10-8-6-4-2/h5,15,18,22-23H,1,4,6-14,16-17,19-21H2,2H3/b18-15+/t22-,23-/m0/s1. The van der Waals surface area contributed by atoms with Crippen molar-refractivity contribution in [2.75, 3.05) is 0 Å². The molecule has 0 amide bonds. The Hall–Kier alpha value is -0.740. The van der Waals surface area contributed by atoms with Crippen molar-refractivity contribution >= 4 is 0 Å². The molecule has 0 bridgehead atoms. The van der Waals surface area contributed by atoms with Crippen molar-refractivity contribution in [2.24, 2.45) is 11.8 Å². The molecule has 0 aromatic carbocycles. The first-order valence-corrected chi connectivity index (χ1v) is 10.4. The van der Waals surface area contributed by atoms with Crippen molar-refractivity contribution in [1.29, 1.82) is 0 Å². The van der Waals surface area contributed by atoms with Crippen LogP contribution in [0.2, 0.25) is 0 Å². The largest absolute Gasteiger partial charge is 0.133 e. The van der Waals surface area contributed by atoms with Crippen LogP contribution in [0.1, 0.15) is 103 Å². The van der Waals surface area contributed by atoms with Crippen molar-refractivity contribution in [3.8, 4) is 0 Å². The molecule has 1 aliphatic rings. The lowest BCUT2D eigenvalue weighted by Crippen LogP contribution is -2.05. The van der Waals surface area contributed by atoms with Crippen LogP contribution in [0.25, 0.3) is 0 Å². The summed E-state index contributed by atoms with van der Waals surface area (Å²) in [7, 11) is 0. The van der Waals surface area contributed by atoms with Crippen LogP contribution in [0.15, 0.2) is 30.5 Å². The topological polar surface area (TPSA) is 0 Å². The Balaban J connectivity index is 2.03. The van der Waals surface area contributed by atoms with Crippen LogP contribution < -0.4 is 0 Å². The molecule has 23 heavy (non-hydrogen) atoms. The average molecular weight is 317 g/mol. The molecule has 0 aromatic rings. The summed E-state index contributed by atoms with van der Waals surface area (Å²) < 4.78 is 0. The molecule has 0 heterocycles. The molecule has 0 heteroatoms. The number of hydrogen-bond donors (Lipinski definition) is 0. The normalized spacial score (nSPS) is 20.9.